The van der Waals surface area contributed by atoms with Crippen molar-refractivity contribution in [2.24, 2.45) is 5.92 Å². The van der Waals surface area contributed by atoms with Crippen LogP contribution in [0.5, 0.6) is 5.75 Å². The minimum atomic E-state index is -0.737. The zero-order chi connectivity index (χ0) is 22.1. The quantitative estimate of drug-likeness (QED) is 0.581. The van der Waals surface area contributed by atoms with Gasteiger partial charge in [-0.3, -0.25) is 4.79 Å². The maximum atomic E-state index is 12.1. The number of amides is 1. The van der Waals surface area contributed by atoms with E-state index in [4.69, 9.17) is 19.7 Å². The SMILES string of the molecule is C/C=C\S/C(=C\C)c1cc(O[C@@H](C)COC)c2cc(NC(=O)C(C)C#N)ccc2n1. The van der Waals surface area contributed by atoms with E-state index in [-0.39, 0.29) is 12.0 Å². The third-order valence-corrected chi connectivity index (χ3v) is 5.31. The predicted octanol–water partition coefficient (Wildman–Crippen LogP) is 5.37. The lowest BCUT2D eigenvalue weighted by atomic mass is 10.1. The highest BCUT2D eigenvalue weighted by Gasteiger charge is 2.16. The second-order valence-corrected chi connectivity index (χ2v) is 7.65. The highest BCUT2D eigenvalue weighted by molar-refractivity contribution is 8.10. The van der Waals surface area contributed by atoms with Crippen LogP contribution in [-0.4, -0.2) is 30.7 Å². The van der Waals surface area contributed by atoms with Gasteiger partial charge in [0.05, 0.1) is 23.9 Å². The molecule has 0 aliphatic carbocycles. The summed E-state index contributed by atoms with van der Waals surface area (Å²) in [5.74, 6) is -0.431. The van der Waals surface area contributed by atoms with Gasteiger partial charge in [0.1, 0.15) is 17.8 Å². The van der Waals surface area contributed by atoms with E-state index in [1.165, 1.54) is 0 Å². The first kappa shape index (κ1) is 23.5. The van der Waals surface area contributed by atoms with Crippen LogP contribution in [0.3, 0.4) is 0 Å². The molecular formula is C23H27N3O3S. The largest absolute Gasteiger partial charge is 0.488 e. The fourth-order valence-electron chi connectivity index (χ4n) is 2.71. The number of anilines is 1. The molecule has 1 N–H and O–H groups in total. The first-order valence-electron chi connectivity index (χ1n) is 9.68. The molecule has 7 heteroatoms. The molecule has 0 fully saturated rings. The molecule has 6 nitrogen and oxygen atoms in total. The number of allylic oxidation sites excluding steroid dienone is 2. The second kappa shape index (κ2) is 11.4. The number of carbonyl (C=O) groups is 1. The summed E-state index contributed by atoms with van der Waals surface area (Å²) in [6.45, 7) is 7.88. The molecule has 0 spiro atoms. The smallest absolute Gasteiger partial charge is 0.241 e. The number of thioether (sulfide) groups is 1. The van der Waals surface area contributed by atoms with Gasteiger partial charge in [-0.25, -0.2) is 4.98 Å². The summed E-state index contributed by atoms with van der Waals surface area (Å²) in [7, 11) is 1.63. The normalized spacial score (nSPS) is 13.8. The van der Waals surface area contributed by atoms with E-state index >= 15 is 0 Å². The predicted molar refractivity (Wildman–Crippen MR) is 123 cm³/mol. The van der Waals surface area contributed by atoms with E-state index in [2.05, 4.69) is 5.32 Å². The average Bonchev–Trinajstić information content (AvgIpc) is 2.74. The molecule has 1 aromatic carbocycles. The Labute approximate surface area is 182 Å². The maximum absolute atomic E-state index is 12.1. The van der Waals surface area contributed by atoms with Crippen LogP contribution in [0, 0.1) is 17.2 Å². The number of methoxy groups -OCH3 is 1. The Morgan fingerprint density at radius 3 is 2.73 bits per heavy atom. The number of hydrogen-bond donors (Lipinski definition) is 1. The number of hydrogen-bond acceptors (Lipinski definition) is 6. The number of rotatable bonds is 9. The minimum absolute atomic E-state index is 0.164. The van der Waals surface area contributed by atoms with Crippen LogP contribution in [-0.2, 0) is 9.53 Å². The van der Waals surface area contributed by atoms with Crippen LogP contribution in [0.4, 0.5) is 5.69 Å². The first-order chi connectivity index (χ1) is 14.4. The minimum Gasteiger partial charge on any atom is -0.488 e. The van der Waals surface area contributed by atoms with Gasteiger partial charge in [0.15, 0.2) is 0 Å². The Bertz CT molecular complexity index is 995. The highest BCUT2D eigenvalue weighted by atomic mass is 32.2. The van der Waals surface area contributed by atoms with Gasteiger partial charge in [-0.2, -0.15) is 5.26 Å². The average molecular weight is 426 g/mol. The van der Waals surface area contributed by atoms with Crippen molar-refractivity contribution in [3.8, 4) is 11.8 Å². The van der Waals surface area contributed by atoms with Crippen molar-refractivity contribution in [3.05, 3.63) is 47.5 Å². The van der Waals surface area contributed by atoms with Crippen molar-refractivity contribution in [1.82, 2.24) is 4.98 Å². The summed E-state index contributed by atoms with van der Waals surface area (Å²) in [6, 6.07) is 9.28. The monoisotopic (exact) mass is 425 g/mol. The number of pyridine rings is 1. The van der Waals surface area contributed by atoms with Gasteiger partial charge < -0.3 is 14.8 Å². The summed E-state index contributed by atoms with van der Waals surface area (Å²) in [6.07, 6.45) is 3.83. The summed E-state index contributed by atoms with van der Waals surface area (Å²) >= 11 is 1.59. The highest BCUT2D eigenvalue weighted by Crippen LogP contribution is 2.35. The molecule has 158 valence electrons. The lowest BCUT2D eigenvalue weighted by Crippen LogP contribution is -2.19. The Morgan fingerprint density at radius 1 is 1.33 bits per heavy atom. The molecule has 1 amide bonds. The van der Waals surface area contributed by atoms with Gasteiger partial charge in [0.2, 0.25) is 5.91 Å². The van der Waals surface area contributed by atoms with Gasteiger partial charge in [0, 0.05) is 29.2 Å². The number of fused-ring (bicyclic) bond motifs is 1. The van der Waals surface area contributed by atoms with Crippen molar-refractivity contribution in [1.29, 1.82) is 5.26 Å². The number of ether oxygens (including phenoxy) is 2. The molecule has 0 saturated carbocycles. The van der Waals surface area contributed by atoms with Crippen molar-refractivity contribution in [3.63, 3.8) is 0 Å². The molecule has 0 aliphatic heterocycles. The molecule has 1 heterocycles. The molecule has 1 unspecified atom stereocenters. The molecule has 30 heavy (non-hydrogen) atoms. The van der Waals surface area contributed by atoms with Gasteiger partial charge >= 0.3 is 0 Å². The zero-order valence-electron chi connectivity index (χ0n) is 17.9. The van der Waals surface area contributed by atoms with Crippen molar-refractivity contribution in [2.75, 3.05) is 19.0 Å². The van der Waals surface area contributed by atoms with Gasteiger partial charge in [-0.05, 0) is 51.3 Å². The van der Waals surface area contributed by atoms with E-state index in [1.807, 2.05) is 62.6 Å². The van der Waals surface area contributed by atoms with Gasteiger partial charge in [-0.1, -0.05) is 23.9 Å². The lowest BCUT2D eigenvalue weighted by Gasteiger charge is -2.18. The van der Waals surface area contributed by atoms with E-state index in [9.17, 15) is 4.79 Å². The van der Waals surface area contributed by atoms with Crippen LogP contribution in [0.1, 0.15) is 33.4 Å². The molecule has 2 aromatic rings. The fourth-order valence-corrected chi connectivity index (χ4v) is 3.35. The Kier molecular flexibility index (Phi) is 8.90. The third-order valence-electron chi connectivity index (χ3n) is 4.20. The molecule has 0 saturated heterocycles. The van der Waals surface area contributed by atoms with Gasteiger partial charge in [0.25, 0.3) is 0 Å². The van der Waals surface area contributed by atoms with Crippen LogP contribution in [0.25, 0.3) is 15.8 Å². The molecule has 2 atom stereocenters. The Balaban J connectivity index is 2.53. The molecular weight excluding hydrogens is 398 g/mol. The number of nitrogens with one attached hydrogen (secondary N) is 1. The van der Waals surface area contributed by atoms with Gasteiger partial charge in [-0.15, -0.1) is 0 Å². The Hall–Kier alpha value is -2.82. The van der Waals surface area contributed by atoms with E-state index < -0.39 is 5.92 Å². The lowest BCUT2D eigenvalue weighted by molar-refractivity contribution is -0.117. The summed E-state index contributed by atoms with van der Waals surface area (Å²) in [4.78, 5) is 17.9. The number of benzene rings is 1. The van der Waals surface area contributed by atoms with E-state index in [0.29, 0.717) is 18.0 Å². The van der Waals surface area contributed by atoms with Crippen LogP contribution in [0.2, 0.25) is 0 Å². The van der Waals surface area contributed by atoms with Crippen LogP contribution >= 0.6 is 11.8 Å². The van der Waals surface area contributed by atoms with Crippen molar-refractivity contribution in [2.45, 2.75) is 33.8 Å². The summed E-state index contributed by atoms with van der Waals surface area (Å²) in [5.41, 5.74) is 2.14. The topological polar surface area (TPSA) is 84.2 Å². The molecule has 0 bridgehead atoms. The van der Waals surface area contributed by atoms with Crippen LogP contribution in [0.15, 0.2) is 41.8 Å². The van der Waals surface area contributed by atoms with Crippen molar-refractivity contribution >= 4 is 39.2 Å². The summed E-state index contributed by atoms with van der Waals surface area (Å²) < 4.78 is 11.4. The van der Waals surface area contributed by atoms with E-state index in [1.54, 1.807) is 31.9 Å². The number of nitrogens with zero attached hydrogens (tertiary/aromatic N) is 2. The second-order valence-electron chi connectivity index (χ2n) is 6.70. The molecule has 0 aliphatic rings. The number of carbonyl (C=O) groups excluding carboxylic acids is 1. The maximum Gasteiger partial charge on any atom is 0.241 e. The zero-order valence-corrected chi connectivity index (χ0v) is 18.7. The standard InChI is InChI=1S/C23H27N3O3S/c1-6-10-30-22(7-2)20-12-21(29-16(4)14-28-5)18-11-17(8-9-19(18)26-20)25-23(27)15(3)13-24/h6-12,15-16H,14H2,1-5H3,(H,25,27)/b10-6-,22-7-/t15?,16-/m0/s1. The number of nitriles is 1. The van der Waals surface area contributed by atoms with Crippen molar-refractivity contribution < 1.29 is 14.3 Å². The molecule has 2 rings (SSSR count). The van der Waals surface area contributed by atoms with E-state index in [0.717, 1.165) is 21.5 Å². The fraction of sp³-hybridized carbons (Fsp3) is 0.348. The summed E-state index contributed by atoms with van der Waals surface area (Å²) in [5, 5.41) is 14.5. The third kappa shape index (κ3) is 6.09. The molecule has 1 aromatic heterocycles. The Morgan fingerprint density at radius 2 is 2.10 bits per heavy atom. The van der Waals surface area contributed by atoms with Crippen LogP contribution < -0.4 is 10.1 Å². The molecule has 0 radical (unpaired) electrons. The number of aromatic nitrogens is 1. The first-order valence-corrected chi connectivity index (χ1v) is 10.6.